The highest BCUT2D eigenvalue weighted by molar-refractivity contribution is 6.99. The Bertz CT molecular complexity index is 1240. The molecule has 0 amide bonds. The van der Waals surface area contributed by atoms with Gasteiger partial charge >= 0.3 is 0 Å². The van der Waals surface area contributed by atoms with Crippen LogP contribution in [0, 0.1) is 5.82 Å². The zero-order chi connectivity index (χ0) is 24.6. The number of fused-ring (bicyclic) bond motifs is 1. The van der Waals surface area contributed by atoms with E-state index in [2.05, 4.69) is 99.1 Å². The number of imidazole rings is 1. The van der Waals surface area contributed by atoms with Gasteiger partial charge in [-0.15, -0.1) is 0 Å². The van der Waals surface area contributed by atoms with E-state index < -0.39 is 8.32 Å². The summed E-state index contributed by atoms with van der Waals surface area (Å²) >= 11 is 0. The molecule has 0 unspecified atom stereocenters. The standard InChI is InChI=1S/C30H33FN2OSi/c1-22-19-25(33-20-28(32-29(22)33)23-15-17-24(31)18-16-23)21-34-35(30(2,3)4,26-11-7-5-8-12-26)27-13-9-6-10-14-27/h5-18,20,22,25H,19,21H2,1-4H3/t22-,25-/m0/s1. The Morgan fingerprint density at radius 3 is 2.03 bits per heavy atom. The molecule has 2 atom stereocenters. The third-order valence-electron chi connectivity index (χ3n) is 7.27. The lowest BCUT2D eigenvalue weighted by Crippen LogP contribution is -2.66. The van der Waals surface area contributed by atoms with Crippen molar-refractivity contribution in [3.8, 4) is 11.3 Å². The summed E-state index contributed by atoms with van der Waals surface area (Å²) in [6.07, 6.45) is 3.12. The van der Waals surface area contributed by atoms with E-state index in [0.29, 0.717) is 12.5 Å². The number of nitrogens with zero attached hydrogens (tertiary/aromatic N) is 2. The molecule has 35 heavy (non-hydrogen) atoms. The topological polar surface area (TPSA) is 27.1 Å². The lowest BCUT2D eigenvalue weighted by Gasteiger charge is -2.43. The second-order valence-corrected chi connectivity index (χ2v) is 15.0. The fraction of sp³-hybridized carbons (Fsp3) is 0.300. The van der Waals surface area contributed by atoms with Crippen molar-refractivity contribution in [3.05, 3.63) is 103 Å². The molecule has 0 radical (unpaired) electrons. The molecule has 0 N–H and O–H groups in total. The lowest BCUT2D eigenvalue weighted by atomic mass is 10.1. The van der Waals surface area contributed by atoms with E-state index in [0.717, 1.165) is 23.5 Å². The van der Waals surface area contributed by atoms with Crippen molar-refractivity contribution in [1.29, 1.82) is 0 Å². The maximum Gasteiger partial charge on any atom is 0.261 e. The highest BCUT2D eigenvalue weighted by Crippen LogP contribution is 2.41. The minimum atomic E-state index is -2.60. The van der Waals surface area contributed by atoms with Crippen molar-refractivity contribution in [2.24, 2.45) is 0 Å². The smallest absolute Gasteiger partial charge is 0.261 e. The summed E-state index contributed by atoms with van der Waals surface area (Å²) in [5.74, 6) is 1.20. The summed E-state index contributed by atoms with van der Waals surface area (Å²) in [6, 6.07) is 28.4. The summed E-state index contributed by atoms with van der Waals surface area (Å²) in [6.45, 7) is 9.79. The second kappa shape index (κ2) is 9.21. The van der Waals surface area contributed by atoms with Gasteiger partial charge in [-0.05, 0) is 46.1 Å². The zero-order valence-electron chi connectivity index (χ0n) is 20.9. The van der Waals surface area contributed by atoms with Crippen LogP contribution in [0.5, 0.6) is 0 Å². The Labute approximate surface area is 208 Å². The lowest BCUT2D eigenvalue weighted by molar-refractivity contribution is 0.238. The Kier molecular flexibility index (Phi) is 6.24. The average Bonchev–Trinajstić information content (AvgIpc) is 3.41. The first-order valence-corrected chi connectivity index (χ1v) is 14.3. The SMILES string of the molecule is C[C@H]1C[C@@H](CO[Si](c2ccccc2)(c2ccccc2)C(C)(C)C)n2cc(-c3ccc(F)cc3)nc21. The van der Waals surface area contributed by atoms with Crippen LogP contribution >= 0.6 is 0 Å². The van der Waals surface area contributed by atoms with E-state index in [1.165, 1.54) is 22.5 Å². The quantitative estimate of drug-likeness (QED) is 0.300. The van der Waals surface area contributed by atoms with Crippen LogP contribution in [0.2, 0.25) is 5.04 Å². The molecule has 0 saturated heterocycles. The molecule has 1 aliphatic heterocycles. The first kappa shape index (κ1) is 23.7. The molecule has 3 aromatic carbocycles. The third kappa shape index (κ3) is 4.28. The van der Waals surface area contributed by atoms with Crippen LogP contribution in [0.1, 0.15) is 51.9 Å². The number of aromatic nitrogens is 2. The normalized spacial score (nSPS) is 18.0. The van der Waals surface area contributed by atoms with Gasteiger partial charge in [-0.2, -0.15) is 0 Å². The van der Waals surface area contributed by atoms with E-state index in [9.17, 15) is 4.39 Å². The largest absolute Gasteiger partial charge is 0.405 e. The van der Waals surface area contributed by atoms with Crippen LogP contribution in [-0.4, -0.2) is 24.5 Å². The van der Waals surface area contributed by atoms with Crippen molar-refractivity contribution >= 4 is 18.7 Å². The average molecular weight is 485 g/mol. The fourth-order valence-corrected chi connectivity index (χ4v) is 10.2. The highest BCUT2D eigenvalue weighted by Gasteiger charge is 2.50. The number of halogens is 1. The van der Waals surface area contributed by atoms with E-state index in [1.807, 2.05) is 0 Å². The molecule has 180 valence electrons. The van der Waals surface area contributed by atoms with Gasteiger partial charge < -0.3 is 8.99 Å². The number of rotatable bonds is 6. The van der Waals surface area contributed by atoms with Crippen molar-refractivity contribution in [3.63, 3.8) is 0 Å². The van der Waals surface area contributed by atoms with Crippen molar-refractivity contribution < 1.29 is 8.82 Å². The molecule has 4 aromatic rings. The Morgan fingerprint density at radius 2 is 1.49 bits per heavy atom. The fourth-order valence-electron chi connectivity index (χ4n) is 5.58. The summed E-state index contributed by atoms with van der Waals surface area (Å²) in [5, 5.41) is 2.53. The minimum Gasteiger partial charge on any atom is -0.405 e. The van der Waals surface area contributed by atoms with Crippen LogP contribution in [-0.2, 0) is 4.43 Å². The number of hydrogen-bond donors (Lipinski definition) is 0. The van der Waals surface area contributed by atoms with Gasteiger partial charge in [-0.3, -0.25) is 0 Å². The molecule has 0 aliphatic carbocycles. The minimum absolute atomic E-state index is 0.0586. The molecule has 2 heterocycles. The Balaban J connectivity index is 1.51. The van der Waals surface area contributed by atoms with E-state index in [-0.39, 0.29) is 16.9 Å². The third-order valence-corrected chi connectivity index (χ3v) is 12.3. The zero-order valence-corrected chi connectivity index (χ0v) is 21.9. The molecule has 3 nitrogen and oxygen atoms in total. The van der Waals surface area contributed by atoms with Crippen molar-refractivity contribution in [1.82, 2.24) is 9.55 Å². The molecule has 5 heteroatoms. The van der Waals surface area contributed by atoms with Gasteiger partial charge in [0.05, 0.1) is 18.3 Å². The molecule has 0 saturated carbocycles. The Morgan fingerprint density at radius 1 is 0.914 bits per heavy atom. The molecular weight excluding hydrogens is 451 g/mol. The molecule has 0 spiro atoms. The summed E-state index contributed by atoms with van der Waals surface area (Å²) in [5.41, 5.74) is 1.83. The molecule has 5 rings (SSSR count). The predicted octanol–water partition coefficient (Wildman–Crippen LogP) is 6.31. The van der Waals surface area contributed by atoms with Crippen LogP contribution in [0.15, 0.2) is 91.1 Å². The second-order valence-electron chi connectivity index (χ2n) is 10.7. The van der Waals surface area contributed by atoms with Crippen molar-refractivity contribution in [2.75, 3.05) is 6.61 Å². The maximum atomic E-state index is 13.4. The van der Waals surface area contributed by atoms with Gasteiger partial charge in [0.2, 0.25) is 0 Å². The van der Waals surface area contributed by atoms with Gasteiger partial charge in [0.15, 0.2) is 0 Å². The summed E-state index contributed by atoms with van der Waals surface area (Å²) in [7, 11) is -2.60. The number of benzene rings is 3. The summed E-state index contributed by atoms with van der Waals surface area (Å²) < 4.78 is 23.0. The van der Waals surface area contributed by atoms with Gasteiger partial charge in [-0.1, -0.05) is 88.4 Å². The monoisotopic (exact) mass is 484 g/mol. The highest BCUT2D eigenvalue weighted by atomic mass is 28.4. The molecule has 0 bridgehead atoms. The van der Waals surface area contributed by atoms with Crippen LogP contribution in [0.4, 0.5) is 4.39 Å². The van der Waals surface area contributed by atoms with Gasteiger partial charge in [-0.25, -0.2) is 9.37 Å². The van der Waals surface area contributed by atoms with Crippen LogP contribution in [0.25, 0.3) is 11.3 Å². The maximum absolute atomic E-state index is 13.4. The van der Waals surface area contributed by atoms with E-state index in [1.54, 1.807) is 12.1 Å². The first-order chi connectivity index (χ1) is 16.8. The van der Waals surface area contributed by atoms with Gasteiger partial charge in [0, 0.05) is 17.7 Å². The predicted molar refractivity (Wildman–Crippen MR) is 143 cm³/mol. The molecular formula is C30H33FN2OSi. The Hall–Kier alpha value is -3.02. The molecule has 0 fully saturated rings. The summed E-state index contributed by atoms with van der Waals surface area (Å²) in [4.78, 5) is 4.93. The first-order valence-electron chi connectivity index (χ1n) is 12.4. The number of hydrogen-bond acceptors (Lipinski definition) is 2. The van der Waals surface area contributed by atoms with E-state index >= 15 is 0 Å². The van der Waals surface area contributed by atoms with Crippen molar-refractivity contribution in [2.45, 2.75) is 51.1 Å². The van der Waals surface area contributed by atoms with Gasteiger partial charge in [0.25, 0.3) is 8.32 Å². The molecule has 1 aliphatic rings. The van der Waals surface area contributed by atoms with Gasteiger partial charge in [0.1, 0.15) is 11.6 Å². The van der Waals surface area contributed by atoms with E-state index in [4.69, 9.17) is 9.41 Å². The molecule has 1 aromatic heterocycles. The van der Waals surface area contributed by atoms with Crippen LogP contribution in [0.3, 0.4) is 0 Å². The van der Waals surface area contributed by atoms with Crippen LogP contribution < -0.4 is 10.4 Å².